The van der Waals surface area contributed by atoms with E-state index in [1.54, 1.807) is 17.9 Å². The summed E-state index contributed by atoms with van der Waals surface area (Å²) in [4.78, 5) is 12.5. The van der Waals surface area contributed by atoms with Crippen molar-refractivity contribution in [3.63, 3.8) is 0 Å². The molecule has 1 aliphatic rings. The highest BCUT2D eigenvalue weighted by atomic mass is 16.5. The third kappa shape index (κ3) is 3.93. The monoisotopic (exact) mass is 330 g/mol. The van der Waals surface area contributed by atoms with E-state index < -0.39 is 6.04 Å². The number of carbonyl (C=O) groups is 1. The molecule has 0 aliphatic carbocycles. The average molecular weight is 330 g/mol. The molecule has 7 heteroatoms. The van der Waals surface area contributed by atoms with Gasteiger partial charge in [-0.25, -0.2) is 0 Å². The number of benzene rings is 1. The number of rotatable bonds is 6. The maximum Gasteiger partial charge on any atom is 0.246 e. The number of anilines is 1. The summed E-state index contributed by atoms with van der Waals surface area (Å²) in [5, 5.41) is 10.0. The first kappa shape index (κ1) is 16.5. The zero-order valence-corrected chi connectivity index (χ0v) is 13.9. The number of aryl methyl sites for hydroxylation is 1. The van der Waals surface area contributed by atoms with Crippen LogP contribution in [0.15, 0.2) is 36.7 Å². The smallest absolute Gasteiger partial charge is 0.246 e. The fraction of sp³-hybridized carbons (Fsp3) is 0.412. The van der Waals surface area contributed by atoms with E-state index in [1.807, 2.05) is 37.5 Å². The number of aromatic nitrogens is 2. The van der Waals surface area contributed by atoms with Crippen LogP contribution in [-0.2, 0) is 16.6 Å². The van der Waals surface area contributed by atoms with Gasteiger partial charge in [0.25, 0.3) is 0 Å². The van der Waals surface area contributed by atoms with Crippen molar-refractivity contribution in [1.29, 1.82) is 0 Å². The molecule has 0 saturated carbocycles. The Morgan fingerprint density at radius 2 is 2.21 bits per heavy atom. The fourth-order valence-electron chi connectivity index (χ4n) is 2.67. The van der Waals surface area contributed by atoms with Crippen LogP contribution in [0.3, 0.4) is 0 Å². The fourth-order valence-corrected chi connectivity index (χ4v) is 2.67. The summed E-state index contributed by atoms with van der Waals surface area (Å²) in [5.74, 6) is 0.643. The first-order valence-electron chi connectivity index (χ1n) is 7.97. The second-order valence-electron chi connectivity index (χ2n) is 5.79. The molecule has 1 aromatic carbocycles. The van der Waals surface area contributed by atoms with Gasteiger partial charge in [0.15, 0.2) is 0 Å². The van der Waals surface area contributed by atoms with E-state index in [-0.39, 0.29) is 12.0 Å². The molecule has 0 spiro atoms. The van der Waals surface area contributed by atoms with Crippen LogP contribution in [0.5, 0.6) is 5.75 Å². The first-order valence-corrected chi connectivity index (χ1v) is 7.97. The summed E-state index contributed by atoms with van der Waals surface area (Å²) >= 11 is 0. The molecule has 7 nitrogen and oxygen atoms in total. The summed E-state index contributed by atoms with van der Waals surface area (Å²) in [6.07, 6.45) is 4.53. The molecule has 128 valence electrons. The number of carbonyl (C=O) groups excluding carboxylic acids is 1. The van der Waals surface area contributed by atoms with Crippen molar-refractivity contribution in [2.45, 2.75) is 18.6 Å². The molecule has 1 aliphatic heterocycles. The zero-order valence-electron chi connectivity index (χ0n) is 13.9. The quantitative estimate of drug-likeness (QED) is 0.839. The van der Waals surface area contributed by atoms with Crippen molar-refractivity contribution in [3.8, 4) is 5.75 Å². The number of hydrogen-bond donors (Lipinski definition) is 2. The second-order valence-corrected chi connectivity index (χ2v) is 5.79. The van der Waals surface area contributed by atoms with Gasteiger partial charge < -0.3 is 20.1 Å². The van der Waals surface area contributed by atoms with E-state index in [0.717, 1.165) is 30.0 Å². The van der Waals surface area contributed by atoms with Gasteiger partial charge in [0, 0.05) is 30.9 Å². The molecule has 2 unspecified atom stereocenters. The molecular weight excluding hydrogens is 308 g/mol. The standard InChI is InChI=1S/C17H22N4O3/c1-18-16(12-9-19-21(2)10-12)17(22)20-13-3-5-14(6-4-13)24-15-7-8-23-11-15/h3-6,9-10,15-16,18H,7-8,11H2,1-2H3,(H,20,22). The van der Waals surface area contributed by atoms with E-state index in [2.05, 4.69) is 15.7 Å². The Hall–Kier alpha value is -2.38. The third-order valence-electron chi connectivity index (χ3n) is 3.92. The highest BCUT2D eigenvalue weighted by Crippen LogP contribution is 2.21. The number of hydrogen-bond acceptors (Lipinski definition) is 5. The van der Waals surface area contributed by atoms with Gasteiger partial charge >= 0.3 is 0 Å². The first-order chi connectivity index (χ1) is 11.7. The number of likely N-dealkylation sites (N-methyl/N-ethyl adjacent to an activating group) is 1. The van der Waals surface area contributed by atoms with Crippen LogP contribution in [0.1, 0.15) is 18.0 Å². The minimum atomic E-state index is -0.453. The van der Waals surface area contributed by atoms with Crippen molar-refractivity contribution in [2.24, 2.45) is 7.05 Å². The molecule has 1 saturated heterocycles. The van der Waals surface area contributed by atoms with Gasteiger partial charge in [0.05, 0.1) is 19.4 Å². The van der Waals surface area contributed by atoms with Gasteiger partial charge in [-0.1, -0.05) is 0 Å². The van der Waals surface area contributed by atoms with Crippen LogP contribution in [0.2, 0.25) is 0 Å². The SMILES string of the molecule is CNC(C(=O)Nc1ccc(OC2CCOC2)cc1)c1cnn(C)c1. The maximum atomic E-state index is 12.5. The van der Waals surface area contributed by atoms with Crippen molar-refractivity contribution in [1.82, 2.24) is 15.1 Å². The van der Waals surface area contributed by atoms with E-state index in [4.69, 9.17) is 9.47 Å². The highest BCUT2D eigenvalue weighted by molar-refractivity contribution is 5.95. The average Bonchev–Trinajstić information content (AvgIpc) is 3.22. The Labute approximate surface area is 140 Å². The molecule has 0 bridgehead atoms. The Bertz CT molecular complexity index is 677. The van der Waals surface area contributed by atoms with Crippen LogP contribution >= 0.6 is 0 Å². The molecule has 1 aromatic heterocycles. The van der Waals surface area contributed by atoms with Gasteiger partial charge in [-0.05, 0) is 31.3 Å². The third-order valence-corrected chi connectivity index (χ3v) is 3.92. The molecule has 1 amide bonds. The van der Waals surface area contributed by atoms with Crippen molar-refractivity contribution >= 4 is 11.6 Å². The largest absolute Gasteiger partial charge is 0.488 e. The molecule has 2 atom stereocenters. The normalized spacial score (nSPS) is 18.3. The number of nitrogens with zero attached hydrogens (tertiary/aromatic N) is 2. The van der Waals surface area contributed by atoms with Crippen LogP contribution < -0.4 is 15.4 Å². The van der Waals surface area contributed by atoms with E-state index in [1.165, 1.54) is 0 Å². The van der Waals surface area contributed by atoms with Crippen molar-refractivity contribution in [2.75, 3.05) is 25.6 Å². The van der Waals surface area contributed by atoms with E-state index in [9.17, 15) is 4.79 Å². The van der Waals surface area contributed by atoms with Gasteiger partial charge in [-0.2, -0.15) is 5.10 Å². The lowest BCUT2D eigenvalue weighted by Gasteiger charge is -2.15. The summed E-state index contributed by atoms with van der Waals surface area (Å²) in [6, 6.07) is 6.92. The second kappa shape index (κ2) is 7.46. The van der Waals surface area contributed by atoms with Crippen LogP contribution in [0.4, 0.5) is 5.69 Å². The number of ether oxygens (including phenoxy) is 2. The maximum absolute atomic E-state index is 12.5. The minimum absolute atomic E-state index is 0.115. The topological polar surface area (TPSA) is 77.4 Å². The van der Waals surface area contributed by atoms with Crippen LogP contribution in [0.25, 0.3) is 0 Å². The van der Waals surface area contributed by atoms with Crippen molar-refractivity contribution in [3.05, 3.63) is 42.2 Å². The van der Waals surface area contributed by atoms with Gasteiger partial charge in [-0.3, -0.25) is 9.48 Å². The van der Waals surface area contributed by atoms with Crippen LogP contribution in [0, 0.1) is 0 Å². The molecule has 24 heavy (non-hydrogen) atoms. The predicted molar refractivity (Wildman–Crippen MR) is 89.9 cm³/mol. The highest BCUT2D eigenvalue weighted by Gasteiger charge is 2.20. The summed E-state index contributed by atoms with van der Waals surface area (Å²) in [5.41, 5.74) is 1.54. The summed E-state index contributed by atoms with van der Waals surface area (Å²) in [7, 11) is 3.57. The van der Waals surface area contributed by atoms with Gasteiger partial charge in [-0.15, -0.1) is 0 Å². The molecule has 1 fully saturated rings. The molecular formula is C17H22N4O3. The lowest BCUT2D eigenvalue weighted by Crippen LogP contribution is -2.30. The Balaban J connectivity index is 1.60. The number of amides is 1. The van der Waals surface area contributed by atoms with E-state index in [0.29, 0.717) is 6.61 Å². The predicted octanol–water partition coefficient (Wildman–Crippen LogP) is 1.49. The summed E-state index contributed by atoms with van der Waals surface area (Å²) in [6.45, 7) is 1.38. The zero-order chi connectivity index (χ0) is 16.9. The Morgan fingerprint density at radius 1 is 1.42 bits per heavy atom. The minimum Gasteiger partial charge on any atom is -0.488 e. The lowest BCUT2D eigenvalue weighted by molar-refractivity contribution is -0.118. The molecule has 2 N–H and O–H groups in total. The van der Waals surface area contributed by atoms with Crippen molar-refractivity contribution < 1.29 is 14.3 Å². The molecule has 2 aromatic rings. The number of nitrogens with one attached hydrogen (secondary N) is 2. The summed E-state index contributed by atoms with van der Waals surface area (Å²) < 4.78 is 12.8. The molecule has 0 radical (unpaired) electrons. The Morgan fingerprint density at radius 3 is 2.79 bits per heavy atom. The van der Waals surface area contributed by atoms with Gasteiger partial charge in [0.2, 0.25) is 5.91 Å². The van der Waals surface area contributed by atoms with Gasteiger partial charge in [0.1, 0.15) is 17.9 Å². The van der Waals surface area contributed by atoms with Crippen LogP contribution in [-0.4, -0.2) is 42.1 Å². The lowest BCUT2D eigenvalue weighted by atomic mass is 10.1. The van der Waals surface area contributed by atoms with E-state index >= 15 is 0 Å². The Kier molecular flexibility index (Phi) is 5.12. The molecule has 3 rings (SSSR count). The molecule has 2 heterocycles.